The first-order chi connectivity index (χ1) is 12.7. The Bertz CT molecular complexity index is 1250. The van der Waals surface area contributed by atoms with E-state index in [0.717, 1.165) is 22.6 Å². The second kappa shape index (κ2) is 5.38. The number of benzene rings is 1. The Morgan fingerprint density at radius 2 is 1.73 bits per heavy atom. The van der Waals surface area contributed by atoms with E-state index in [2.05, 4.69) is 10.1 Å². The Morgan fingerprint density at radius 3 is 2.58 bits per heavy atom. The Balaban J connectivity index is 1.81. The third-order valence-electron chi connectivity index (χ3n) is 4.23. The predicted octanol–water partition coefficient (Wildman–Crippen LogP) is 3.43. The topological polar surface area (TPSA) is 73.5 Å². The van der Waals surface area contributed by atoms with E-state index in [1.54, 1.807) is 22.8 Å². The van der Waals surface area contributed by atoms with Crippen LogP contribution < -0.4 is 5.73 Å². The summed E-state index contributed by atoms with van der Waals surface area (Å²) in [6, 6.07) is 15.8. The maximum Gasteiger partial charge on any atom is 0.156 e. The smallest absolute Gasteiger partial charge is 0.156 e. The molecule has 0 amide bonds. The van der Waals surface area contributed by atoms with Gasteiger partial charge >= 0.3 is 0 Å². The molecule has 0 radical (unpaired) electrons. The molecule has 126 valence electrons. The molecule has 4 aromatic heterocycles. The molecule has 0 fully saturated rings. The van der Waals surface area contributed by atoms with Gasteiger partial charge < -0.3 is 5.73 Å². The predicted molar refractivity (Wildman–Crippen MR) is 97.0 cm³/mol. The lowest BCUT2D eigenvalue weighted by atomic mass is 10.1. The molecule has 0 aliphatic heterocycles. The summed E-state index contributed by atoms with van der Waals surface area (Å²) >= 11 is 0. The van der Waals surface area contributed by atoms with E-state index >= 15 is 0 Å². The van der Waals surface area contributed by atoms with Crippen LogP contribution in [-0.4, -0.2) is 24.0 Å². The van der Waals surface area contributed by atoms with Gasteiger partial charge in [-0.15, -0.1) is 0 Å². The van der Waals surface area contributed by atoms with Crippen molar-refractivity contribution < 1.29 is 4.39 Å². The quantitative estimate of drug-likeness (QED) is 0.532. The first kappa shape index (κ1) is 14.6. The highest BCUT2D eigenvalue weighted by Crippen LogP contribution is 2.31. The Labute approximate surface area is 147 Å². The molecule has 0 atom stereocenters. The van der Waals surface area contributed by atoms with Crippen LogP contribution in [0.2, 0.25) is 0 Å². The third kappa shape index (κ3) is 2.21. The lowest BCUT2D eigenvalue weighted by Gasteiger charge is -2.05. The van der Waals surface area contributed by atoms with Gasteiger partial charge in [0.05, 0.1) is 11.9 Å². The number of rotatable bonds is 2. The van der Waals surface area contributed by atoms with Crippen molar-refractivity contribution in [2.24, 2.45) is 0 Å². The molecular weight excluding hydrogens is 331 g/mol. The maximum atomic E-state index is 13.3. The Morgan fingerprint density at radius 1 is 0.885 bits per heavy atom. The zero-order valence-corrected chi connectivity index (χ0v) is 13.5. The second-order valence-corrected chi connectivity index (χ2v) is 5.93. The van der Waals surface area contributed by atoms with Crippen molar-refractivity contribution >= 4 is 17.1 Å². The minimum Gasteiger partial charge on any atom is -0.382 e. The van der Waals surface area contributed by atoms with E-state index in [1.807, 2.05) is 40.9 Å². The van der Waals surface area contributed by atoms with Crippen LogP contribution in [0.4, 0.5) is 10.2 Å². The lowest BCUT2D eigenvalue weighted by Crippen LogP contribution is -1.97. The molecule has 26 heavy (non-hydrogen) atoms. The number of hydrogen-bond acceptors (Lipinski definition) is 4. The van der Waals surface area contributed by atoms with Gasteiger partial charge in [0.1, 0.15) is 28.7 Å². The van der Waals surface area contributed by atoms with Gasteiger partial charge in [-0.25, -0.2) is 18.9 Å². The van der Waals surface area contributed by atoms with E-state index in [1.165, 1.54) is 12.1 Å². The molecule has 0 saturated carbocycles. The van der Waals surface area contributed by atoms with Crippen molar-refractivity contribution in [2.75, 3.05) is 5.73 Å². The van der Waals surface area contributed by atoms with E-state index in [9.17, 15) is 4.39 Å². The molecule has 1 aromatic carbocycles. The van der Waals surface area contributed by atoms with Crippen molar-refractivity contribution in [3.05, 3.63) is 72.8 Å². The molecule has 0 aliphatic rings. The summed E-state index contributed by atoms with van der Waals surface area (Å²) in [6.45, 7) is 0. The van der Waals surface area contributed by atoms with Crippen LogP contribution in [0.3, 0.4) is 0 Å². The number of hydrogen-bond donors (Lipinski definition) is 1. The third-order valence-corrected chi connectivity index (χ3v) is 4.23. The van der Waals surface area contributed by atoms with Crippen molar-refractivity contribution in [3.8, 4) is 22.6 Å². The first-order valence-electron chi connectivity index (χ1n) is 8.04. The van der Waals surface area contributed by atoms with Crippen LogP contribution in [-0.2, 0) is 0 Å². The van der Waals surface area contributed by atoms with Crippen LogP contribution in [0, 0.1) is 5.82 Å². The molecule has 0 saturated heterocycles. The zero-order chi connectivity index (χ0) is 17.7. The molecule has 0 bridgehead atoms. The second-order valence-electron chi connectivity index (χ2n) is 5.93. The highest BCUT2D eigenvalue weighted by molar-refractivity contribution is 5.80. The molecular formula is C19H13FN6. The molecule has 5 rings (SSSR count). The summed E-state index contributed by atoms with van der Waals surface area (Å²) in [7, 11) is 0. The number of halogens is 1. The highest BCUT2D eigenvalue weighted by atomic mass is 19.1. The standard InChI is InChI=1S/C19H13FN6/c20-13-6-4-12(5-7-13)18-19(25-10-2-1-3-16(25)23-18)14-8-9-17-22-15(21)11-26(17)24-14/h1-11H,21H2. The Hall–Kier alpha value is -3.74. The average Bonchev–Trinajstić information content (AvgIpc) is 3.21. The fraction of sp³-hybridized carbons (Fsp3) is 0. The van der Waals surface area contributed by atoms with Crippen molar-refractivity contribution in [2.45, 2.75) is 0 Å². The Kier molecular flexibility index (Phi) is 3.02. The van der Waals surface area contributed by atoms with E-state index in [-0.39, 0.29) is 5.82 Å². The summed E-state index contributed by atoms with van der Waals surface area (Å²) in [5, 5.41) is 4.63. The number of imidazole rings is 2. The van der Waals surface area contributed by atoms with E-state index in [0.29, 0.717) is 17.2 Å². The molecule has 2 N–H and O–H groups in total. The highest BCUT2D eigenvalue weighted by Gasteiger charge is 2.17. The normalized spacial score (nSPS) is 11.4. The number of anilines is 1. The SMILES string of the molecule is Nc1cn2nc(-c3c(-c4ccc(F)cc4)nc4ccccn34)ccc2n1. The van der Waals surface area contributed by atoms with E-state index < -0.39 is 0 Å². The van der Waals surface area contributed by atoms with Crippen molar-refractivity contribution in [1.29, 1.82) is 0 Å². The molecule has 0 unspecified atom stereocenters. The largest absolute Gasteiger partial charge is 0.382 e. The molecule has 4 heterocycles. The minimum absolute atomic E-state index is 0.285. The first-order valence-corrected chi connectivity index (χ1v) is 8.04. The van der Waals surface area contributed by atoms with Gasteiger partial charge in [0.25, 0.3) is 0 Å². The molecule has 5 aromatic rings. The molecule has 7 heteroatoms. The number of nitrogen functional groups attached to an aromatic ring is 1. The van der Waals surface area contributed by atoms with Crippen molar-refractivity contribution in [3.63, 3.8) is 0 Å². The fourth-order valence-electron chi connectivity index (χ4n) is 3.08. The number of nitrogens with zero attached hydrogens (tertiary/aromatic N) is 5. The van der Waals surface area contributed by atoms with Gasteiger partial charge in [-0.2, -0.15) is 5.10 Å². The maximum absolute atomic E-state index is 13.3. The van der Waals surface area contributed by atoms with E-state index in [4.69, 9.17) is 10.7 Å². The lowest BCUT2D eigenvalue weighted by molar-refractivity contribution is 0.628. The van der Waals surface area contributed by atoms with Gasteiger partial charge in [-0.3, -0.25) is 4.40 Å². The van der Waals surface area contributed by atoms with Crippen LogP contribution in [0.15, 0.2) is 67.0 Å². The van der Waals surface area contributed by atoms with Crippen LogP contribution >= 0.6 is 0 Å². The summed E-state index contributed by atoms with van der Waals surface area (Å²) in [5.41, 5.74) is 10.3. The summed E-state index contributed by atoms with van der Waals surface area (Å²) in [4.78, 5) is 8.93. The van der Waals surface area contributed by atoms with Crippen molar-refractivity contribution in [1.82, 2.24) is 24.0 Å². The summed E-state index contributed by atoms with van der Waals surface area (Å²) in [6.07, 6.45) is 3.60. The molecule has 6 nitrogen and oxygen atoms in total. The van der Waals surface area contributed by atoms with Crippen LogP contribution in [0.5, 0.6) is 0 Å². The minimum atomic E-state index is -0.285. The van der Waals surface area contributed by atoms with Gasteiger partial charge in [0.2, 0.25) is 0 Å². The summed E-state index contributed by atoms with van der Waals surface area (Å²) in [5.74, 6) is 0.124. The van der Waals surface area contributed by atoms with Gasteiger partial charge in [0, 0.05) is 11.8 Å². The number of aromatic nitrogens is 5. The zero-order valence-electron chi connectivity index (χ0n) is 13.5. The molecule has 0 spiro atoms. The van der Waals surface area contributed by atoms with Gasteiger partial charge in [-0.1, -0.05) is 6.07 Å². The number of pyridine rings is 1. The van der Waals surface area contributed by atoms with Gasteiger partial charge in [-0.05, 0) is 48.5 Å². The summed E-state index contributed by atoms with van der Waals surface area (Å²) < 4.78 is 17.0. The number of fused-ring (bicyclic) bond motifs is 2. The average molecular weight is 344 g/mol. The fourth-order valence-corrected chi connectivity index (χ4v) is 3.08. The van der Waals surface area contributed by atoms with Crippen LogP contribution in [0.1, 0.15) is 0 Å². The van der Waals surface area contributed by atoms with Gasteiger partial charge in [0.15, 0.2) is 5.65 Å². The van der Waals surface area contributed by atoms with Crippen LogP contribution in [0.25, 0.3) is 33.9 Å². The molecule has 0 aliphatic carbocycles. The monoisotopic (exact) mass is 344 g/mol. The number of nitrogens with two attached hydrogens (primary N) is 1.